The summed E-state index contributed by atoms with van der Waals surface area (Å²) in [4.78, 5) is 2.36. The van der Waals surface area contributed by atoms with Gasteiger partial charge in [-0.05, 0) is 100 Å². The molecule has 1 aliphatic rings. The molecule has 0 fully saturated rings. The lowest BCUT2D eigenvalue weighted by Crippen LogP contribution is -2.18. The number of aromatic nitrogens is 1. The highest BCUT2D eigenvalue weighted by molar-refractivity contribution is 6.10. The first kappa shape index (κ1) is 32.3. The van der Waals surface area contributed by atoms with Crippen molar-refractivity contribution in [2.75, 3.05) is 4.90 Å². The average Bonchev–Trinajstić information content (AvgIpc) is 3.57. The minimum atomic E-state index is -0.153. The summed E-state index contributed by atoms with van der Waals surface area (Å²) < 4.78 is 2.37. The van der Waals surface area contributed by atoms with Crippen molar-refractivity contribution < 1.29 is 0 Å². The number of para-hydroxylation sites is 2. The van der Waals surface area contributed by atoms with Crippen LogP contribution in [0.5, 0.6) is 0 Å². The van der Waals surface area contributed by atoms with Crippen LogP contribution >= 0.6 is 0 Å². The second-order valence-corrected chi connectivity index (χ2v) is 14.3. The number of benzene rings is 7. The van der Waals surface area contributed by atoms with Crippen molar-refractivity contribution in [3.63, 3.8) is 0 Å². The zero-order valence-corrected chi connectivity index (χ0v) is 30.0. The van der Waals surface area contributed by atoms with Crippen molar-refractivity contribution in [2.45, 2.75) is 19.3 Å². The van der Waals surface area contributed by atoms with Crippen LogP contribution < -0.4 is 4.90 Å². The van der Waals surface area contributed by atoms with E-state index in [-0.39, 0.29) is 5.41 Å². The van der Waals surface area contributed by atoms with Crippen LogP contribution in [0.1, 0.15) is 25.0 Å². The van der Waals surface area contributed by atoms with E-state index in [1.165, 1.54) is 60.9 Å². The number of allylic oxidation sites excluding steroid dienone is 4. The summed E-state index contributed by atoms with van der Waals surface area (Å²) in [5.74, 6) is 0. The molecule has 0 saturated heterocycles. The van der Waals surface area contributed by atoms with Crippen LogP contribution in [-0.4, -0.2) is 4.57 Å². The quantitative estimate of drug-likeness (QED) is 0.170. The van der Waals surface area contributed by atoms with E-state index in [0.29, 0.717) is 0 Å². The maximum Gasteiger partial charge on any atom is 0.0541 e. The molecule has 8 aromatic rings. The Bertz CT molecular complexity index is 2660. The maximum atomic E-state index is 2.37. The van der Waals surface area contributed by atoms with Gasteiger partial charge in [0.25, 0.3) is 0 Å². The molecule has 0 radical (unpaired) electrons. The van der Waals surface area contributed by atoms with Gasteiger partial charge in [-0.15, -0.1) is 0 Å². The van der Waals surface area contributed by atoms with Gasteiger partial charge in [0.15, 0.2) is 0 Å². The van der Waals surface area contributed by atoms with E-state index < -0.39 is 0 Å². The Morgan fingerprint density at radius 3 is 1.77 bits per heavy atom. The monoisotopic (exact) mass is 680 g/mol. The van der Waals surface area contributed by atoms with E-state index in [1.807, 2.05) is 0 Å². The van der Waals surface area contributed by atoms with E-state index in [4.69, 9.17) is 0 Å². The van der Waals surface area contributed by atoms with Crippen LogP contribution in [0, 0.1) is 0 Å². The standard InChI is InChI=1S/C51H40N2/c1-51(2)35-34-43(20-13-17-40-16-9-11-22-48(40)51)52(44-29-24-38(25-30-44)37-14-5-3-6-15-37)45-31-26-39(27-32-45)41-28-33-50-47(36-41)46-21-10-12-23-49(46)53(50)42-18-7-4-8-19-42/h3-36H,1-2H3/b17-13+,35-34+,43-20+. The average molecular weight is 681 g/mol. The van der Waals surface area contributed by atoms with Crippen molar-refractivity contribution in [1.29, 1.82) is 0 Å². The number of rotatable bonds is 6. The molecule has 0 saturated carbocycles. The minimum absolute atomic E-state index is 0.153. The SMILES string of the molecule is CC1(C)/C=C/C(N(c2ccc(-c3ccccc3)cc2)c2ccc(-c3ccc4c(c3)c3ccccc3n4-c3ccccc3)cc2)=C\C=C\c2ccccc21. The van der Waals surface area contributed by atoms with Crippen molar-refractivity contribution >= 4 is 39.3 Å². The first-order valence-corrected chi connectivity index (χ1v) is 18.4. The van der Waals surface area contributed by atoms with Crippen molar-refractivity contribution in [1.82, 2.24) is 4.57 Å². The molecule has 9 rings (SSSR count). The fourth-order valence-electron chi connectivity index (χ4n) is 7.76. The second-order valence-electron chi connectivity index (χ2n) is 14.3. The van der Waals surface area contributed by atoms with Gasteiger partial charge < -0.3 is 9.47 Å². The zero-order chi connectivity index (χ0) is 35.8. The van der Waals surface area contributed by atoms with E-state index in [2.05, 4.69) is 230 Å². The van der Waals surface area contributed by atoms with Gasteiger partial charge in [0.1, 0.15) is 0 Å². The van der Waals surface area contributed by atoms with Crippen LogP contribution in [0.15, 0.2) is 206 Å². The maximum absolute atomic E-state index is 2.37. The first-order chi connectivity index (χ1) is 26.0. The lowest BCUT2D eigenvalue weighted by molar-refractivity contribution is 0.668. The molecule has 0 N–H and O–H groups in total. The molecule has 0 spiro atoms. The molecule has 0 amide bonds. The van der Waals surface area contributed by atoms with Gasteiger partial charge in [0.05, 0.1) is 11.0 Å². The summed E-state index contributed by atoms with van der Waals surface area (Å²) in [6, 6.07) is 63.4. The Kier molecular flexibility index (Phi) is 8.21. The fraction of sp³-hybridized carbons (Fsp3) is 0.0588. The Labute approximate surface area is 311 Å². The largest absolute Gasteiger partial charge is 0.311 e. The third kappa shape index (κ3) is 6.09. The van der Waals surface area contributed by atoms with Gasteiger partial charge >= 0.3 is 0 Å². The number of hydrogen-bond acceptors (Lipinski definition) is 1. The predicted octanol–water partition coefficient (Wildman–Crippen LogP) is 13.7. The van der Waals surface area contributed by atoms with Crippen molar-refractivity contribution in [2.24, 2.45) is 0 Å². The van der Waals surface area contributed by atoms with Crippen LogP contribution in [-0.2, 0) is 5.41 Å². The number of nitrogens with zero attached hydrogens (tertiary/aromatic N) is 2. The summed E-state index contributed by atoms with van der Waals surface area (Å²) in [5.41, 5.74) is 14.1. The van der Waals surface area contributed by atoms with Gasteiger partial charge in [-0.3, -0.25) is 0 Å². The van der Waals surface area contributed by atoms with Gasteiger partial charge in [-0.1, -0.05) is 153 Å². The highest BCUT2D eigenvalue weighted by Crippen LogP contribution is 2.38. The molecular formula is C51H40N2. The summed E-state index contributed by atoms with van der Waals surface area (Å²) in [5, 5.41) is 2.51. The van der Waals surface area contributed by atoms with Crippen LogP contribution in [0.4, 0.5) is 11.4 Å². The van der Waals surface area contributed by atoms with Crippen LogP contribution in [0.25, 0.3) is 55.8 Å². The normalized spacial score (nSPS) is 15.8. The zero-order valence-electron chi connectivity index (χ0n) is 30.0. The molecule has 1 heterocycles. The fourth-order valence-corrected chi connectivity index (χ4v) is 7.76. The summed E-state index contributed by atoms with van der Waals surface area (Å²) in [6.45, 7) is 4.59. The van der Waals surface area contributed by atoms with Crippen LogP contribution in [0.3, 0.4) is 0 Å². The van der Waals surface area contributed by atoms with E-state index in [0.717, 1.165) is 17.1 Å². The molecule has 1 aliphatic carbocycles. The second kappa shape index (κ2) is 13.5. The molecule has 0 atom stereocenters. The lowest BCUT2D eigenvalue weighted by Gasteiger charge is -2.28. The van der Waals surface area contributed by atoms with E-state index in [9.17, 15) is 0 Å². The van der Waals surface area contributed by atoms with Crippen molar-refractivity contribution in [3.05, 3.63) is 217 Å². The summed E-state index contributed by atoms with van der Waals surface area (Å²) in [7, 11) is 0. The van der Waals surface area contributed by atoms with Crippen molar-refractivity contribution in [3.8, 4) is 27.9 Å². The Morgan fingerprint density at radius 2 is 1.04 bits per heavy atom. The molecule has 2 nitrogen and oxygen atoms in total. The summed E-state index contributed by atoms with van der Waals surface area (Å²) in [6.07, 6.45) is 11.3. The number of fused-ring (bicyclic) bond motifs is 4. The molecule has 0 unspecified atom stereocenters. The highest BCUT2D eigenvalue weighted by atomic mass is 15.1. The molecule has 7 aromatic carbocycles. The van der Waals surface area contributed by atoms with Gasteiger partial charge in [0.2, 0.25) is 0 Å². The topological polar surface area (TPSA) is 8.17 Å². The number of hydrogen-bond donors (Lipinski definition) is 0. The van der Waals surface area contributed by atoms with E-state index in [1.54, 1.807) is 0 Å². The van der Waals surface area contributed by atoms with Gasteiger partial charge in [-0.25, -0.2) is 0 Å². The number of anilines is 2. The van der Waals surface area contributed by atoms with Gasteiger partial charge in [0, 0.05) is 38.9 Å². The molecule has 1 aromatic heterocycles. The smallest absolute Gasteiger partial charge is 0.0541 e. The molecule has 254 valence electrons. The lowest BCUT2D eigenvalue weighted by atomic mass is 9.81. The molecule has 2 heteroatoms. The molecular weight excluding hydrogens is 641 g/mol. The Morgan fingerprint density at radius 1 is 0.472 bits per heavy atom. The Balaban J connectivity index is 1.13. The highest BCUT2D eigenvalue weighted by Gasteiger charge is 2.22. The third-order valence-corrected chi connectivity index (χ3v) is 10.5. The van der Waals surface area contributed by atoms with Gasteiger partial charge in [-0.2, -0.15) is 0 Å². The Hall–Kier alpha value is -6.64. The predicted molar refractivity (Wildman–Crippen MR) is 226 cm³/mol. The van der Waals surface area contributed by atoms with E-state index >= 15 is 0 Å². The third-order valence-electron chi connectivity index (χ3n) is 10.5. The molecule has 0 bridgehead atoms. The first-order valence-electron chi connectivity index (χ1n) is 18.4. The summed E-state index contributed by atoms with van der Waals surface area (Å²) >= 11 is 0. The van der Waals surface area contributed by atoms with Crippen LogP contribution in [0.2, 0.25) is 0 Å². The minimum Gasteiger partial charge on any atom is -0.311 e. The molecule has 0 aliphatic heterocycles. The molecule has 53 heavy (non-hydrogen) atoms.